The van der Waals surface area contributed by atoms with Crippen LogP contribution in [0.1, 0.15) is 38.4 Å². The Morgan fingerprint density at radius 1 is 1.56 bits per heavy atom. The van der Waals surface area contributed by atoms with Gasteiger partial charge in [0, 0.05) is 25.9 Å². The summed E-state index contributed by atoms with van der Waals surface area (Å²) in [6, 6.07) is 3.91. The summed E-state index contributed by atoms with van der Waals surface area (Å²) in [7, 11) is 0. The number of anilines is 1. The Balaban J connectivity index is 2.02. The minimum absolute atomic E-state index is 0.336. The summed E-state index contributed by atoms with van der Waals surface area (Å²) in [5.41, 5.74) is 0.854. The number of likely N-dealkylation sites (N-methyl/N-ethyl adjacent to an activating group) is 1. The summed E-state index contributed by atoms with van der Waals surface area (Å²) in [5, 5.41) is 9.47. The average Bonchev–Trinajstić information content (AvgIpc) is 2.89. The van der Waals surface area contributed by atoms with Gasteiger partial charge in [-0.25, -0.2) is 4.98 Å². The highest BCUT2D eigenvalue weighted by Crippen LogP contribution is 2.19. The van der Waals surface area contributed by atoms with E-state index in [2.05, 4.69) is 16.8 Å². The molecule has 0 amide bonds. The van der Waals surface area contributed by atoms with Gasteiger partial charge in [0.25, 0.3) is 0 Å². The zero-order valence-electron chi connectivity index (χ0n) is 11.2. The van der Waals surface area contributed by atoms with Crippen LogP contribution < -0.4 is 4.90 Å². The van der Waals surface area contributed by atoms with Crippen LogP contribution in [0.3, 0.4) is 0 Å². The topological polar surface area (TPSA) is 45.6 Å². The standard InChI is InChI=1S/C14H22N2O2/c1-3-16(10-13-5-4-8-18-13)14-7-6-12(9-15-14)11(2)17/h6-7,9,11,13,17H,3-5,8,10H2,1-2H3/t11-,13?/m0/s1. The molecule has 0 aromatic carbocycles. The van der Waals surface area contributed by atoms with Crippen molar-refractivity contribution < 1.29 is 9.84 Å². The van der Waals surface area contributed by atoms with E-state index < -0.39 is 6.10 Å². The maximum atomic E-state index is 9.47. The van der Waals surface area contributed by atoms with Gasteiger partial charge in [-0.2, -0.15) is 0 Å². The minimum Gasteiger partial charge on any atom is -0.389 e. The number of hydrogen-bond donors (Lipinski definition) is 1. The molecule has 4 heteroatoms. The van der Waals surface area contributed by atoms with Gasteiger partial charge in [0.05, 0.1) is 12.2 Å². The highest BCUT2D eigenvalue weighted by molar-refractivity contribution is 5.39. The van der Waals surface area contributed by atoms with E-state index in [0.717, 1.165) is 43.9 Å². The summed E-state index contributed by atoms with van der Waals surface area (Å²) in [4.78, 5) is 6.65. The number of nitrogens with zero attached hydrogens (tertiary/aromatic N) is 2. The van der Waals surface area contributed by atoms with Gasteiger partial charge in [-0.3, -0.25) is 0 Å². The molecule has 0 bridgehead atoms. The molecule has 1 N–H and O–H groups in total. The lowest BCUT2D eigenvalue weighted by Crippen LogP contribution is -2.32. The van der Waals surface area contributed by atoms with E-state index in [1.54, 1.807) is 13.1 Å². The minimum atomic E-state index is -0.459. The number of ether oxygens (including phenoxy) is 1. The van der Waals surface area contributed by atoms with Crippen LogP contribution >= 0.6 is 0 Å². The Morgan fingerprint density at radius 3 is 2.89 bits per heavy atom. The lowest BCUT2D eigenvalue weighted by Gasteiger charge is -2.25. The van der Waals surface area contributed by atoms with Crippen LogP contribution in [0.15, 0.2) is 18.3 Å². The molecule has 0 aliphatic carbocycles. The molecule has 2 heterocycles. The zero-order valence-corrected chi connectivity index (χ0v) is 11.2. The van der Waals surface area contributed by atoms with E-state index in [1.807, 2.05) is 12.1 Å². The van der Waals surface area contributed by atoms with Gasteiger partial charge in [-0.05, 0) is 38.3 Å². The van der Waals surface area contributed by atoms with E-state index >= 15 is 0 Å². The quantitative estimate of drug-likeness (QED) is 0.869. The number of rotatable bonds is 5. The largest absolute Gasteiger partial charge is 0.389 e. The van der Waals surface area contributed by atoms with Gasteiger partial charge in [0.15, 0.2) is 0 Å². The van der Waals surface area contributed by atoms with Gasteiger partial charge in [-0.15, -0.1) is 0 Å². The average molecular weight is 250 g/mol. The van der Waals surface area contributed by atoms with Crippen LogP contribution in [0.4, 0.5) is 5.82 Å². The summed E-state index contributed by atoms with van der Waals surface area (Å²) in [5.74, 6) is 0.956. The van der Waals surface area contributed by atoms with Crippen LogP contribution in [0.2, 0.25) is 0 Å². The van der Waals surface area contributed by atoms with Crippen molar-refractivity contribution in [2.24, 2.45) is 0 Å². The third-order valence-corrected chi connectivity index (χ3v) is 3.41. The maximum Gasteiger partial charge on any atom is 0.128 e. The maximum absolute atomic E-state index is 9.47. The van der Waals surface area contributed by atoms with Crippen molar-refractivity contribution in [2.45, 2.75) is 38.9 Å². The summed E-state index contributed by atoms with van der Waals surface area (Å²) < 4.78 is 5.66. The predicted octanol–water partition coefficient (Wildman–Crippen LogP) is 2.14. The number of pyridine rings is 1. The van der Waals surface area contributed by atoms with Crippen molar-refractivity contribution in [2.75, 3.05) is 24.6 Å². The molecule has 100 valence electrons. The number of aromatic nitrogens is 1. The first-order valence-electron chi connectivity index (χ1n) is 6.71. The fourth-order valence-corrected chi connectivity index (χ4v) is 2.25. The van der Waals surface area contributed by atoms with Gasteiger partial charge in [0.1, 0.15) is 5.82 Å². The molecule has 1 aliphatic heterocycles. The number of aliphatic hydroxyl groups is 1. The first-order chi connectivity index (χ1) is 8.70. The van der Waals surface area contributed by atoms with Gasteiger partial charge in [0.2, 0.25) is 0 Å². The second-order valence-corrected chi connectivity index (χ2v) is 4.80. The van der Waals surface area contributed by atoms with Gasteiger partial charge in [-0.1, -0.05) is 6.07 Å². The SMILES string of the molecule is CCN(CC1CCCO1)c1ccc([C@H](C)O)cn1. The molecule has 0 spiro atoms. The van der Waals surface area contributed by atoms with E-state index in [0.29, 0.717) is 6.10 Å². The molecular weight excluding hydrogens is 228 g/mol. The molecule has 1 aromatic heterocycles. The molecule has 1 fully saturated rings. The number of aliphatic hydroxyl groups excluding tert-OH is 1. The Kier molecular flexibility index (Phi) is 4.55. The van der Waals surface area contributed by atoms with Crippen LogP contribution in [0.5, 0.6) is 0 Å². The normalized spacial score (nSPS) is 20.9. The lowest BCUT2D eigenvalue weighted by atomic mass is 10.2. The van der Waals surface area contributed by atoms with E-state index in [1.165, 1.54) is 0 Å². The molecule has 1 saturated heterocycles. The summed E-state index contributed by atoms with van der Waals surface area (Å²) >= 11 is 0. The number of hydrogen-bond acceptors (Lipinski definition) is 4. The molecule has 4 nitrogen and oxygen atoms in total. The zero-order chi connectivity index (χ0) is 13.0. The molecular formula is C14H22N2O2. The third-order valence-electron chi connectivity index (χ3n) is 3.41. The van der Waals surface area contributed by atoms with Crippen LogP contribution in [0, 0.1) is 0 Å². The Bertz CT molecular complexity index is 359. The highest BCUT2D eigenvalue weighted by atomic mass is 16.5. The van der Waals surface area contributed by atoms with E-state index in [4.69, 9.17) is 4.74 Å². The Hall–Kier alpha value is -1.13. The van der Waals surface area contributed by atoms with Crippen LogP contribution in [-0.2, 0) is 4.74 Å². The van der Waals surface area contributed by atoms with Crippen molar-refractivity contribution in [3.8, 4) is 0 Å². The molecule has 1 aromatic rings. The van der Waals surface area contributed by atoms with E-state index in [9.17, 15) is 5.11 Å². The Labute approximate surface area is 109 Å². The fourth-order valence-electron chi connectivity index (χ4n) is 2.25. The highest BCUT2D eigenvalue weighted by Gasteiger charge is 2.19. The summed E-state index contributed by atoms with van der Waals surface area (Å²) in [6.07, 6.45) is 3.93. The third kappa shape index (κ3) is 3.21. The molecule has 18 heavy (non-hydrogen) atoms. The molecule has 2 atom stereocenters. The van der Waals surface area contributed by atoms with Crippen molar-refractivity contribution in [1.82, 2.24) is 4.98 Å². The Morgan fingerprint density at radius 2 is 2.39 bits per heavy atom. The predicted molar refractivity (Wildman–Crippen MR) is 71.7 cm³/mol. The van der Waals surface area contributed by atoms with Crippen molar-refractivity contribution >= 4 is 5.82 Å². The molecule has 0 radical (unpaired) electrons. The van der Waals surface area contributed by atoms with E-state index in [-0.39, 0.29) is 0 Å². The molecule has 0 saturated carbocycles. The lowest BCUT2D eigenvalue weighted by molar-refractivity contribution is 0.115. The van der Waals surface area contributed by atoms with Crippen LogP contribution in [0.25, 0.3) is 0 Å². The second kappa shape index (κ2) is 6.16. The smallest absolute Gasteiger partial charge is 0.128 e. The fraction of sp³-hybridized carbons (Fsp3) is 0.643. The first-order valence-corrected chi connectivity index (χ1v) is 6.71. The molecule has 1 aliphatic rings. The van der Waals surface area contributed by atoms with Crippen molar-refractivity contribution in [3.63, 3.8) is 0 Å². The first kappa shape index (κ1) is 13.3. The molecule has 2 rings (SSSR count). The van der Waals surface area contributed by atoms with Gasteiger partial charge >= 0.3 is 0 Å². The molecule has 1 unspecified atom stereocenters. The van der Waals surface area contributed by atoms with Crippen LogP contribution in [-0.4, -0.2) is 35.9 Å². The van der Waals surface area contributed by atoms with Gasteiger partial charge < -0.3 is 14.7 Å². The summed E-state index contributed by atoms with van der Waals surface area (Å²) in [6.45, 7) is 6.58. The second-order valence-electron chi connectivity index (χ2n) is 4.80. The van der Waals surface area contributed by atoms with Crippen molar-refractivity contribution in [3.05, 3.63) is 23.9 Å². The monoisotopic (exact) mass is 250 g/mol. The van der Waals surface area contributed by atoms with Crippen molar-refractivity contribution in [1.29, 1.82) is 0 Å².